The summed E-state index contributed by atoms with van der Waals surface area (Å²) in [4.78, 5) is 8.55. The van der Waals surface area contributed by atoms with Gasteiger partial charge >= 0.3 is 0 Å². The van der Waals surface area contributed by atoms with Crippen molar-refractivity contribution in [2.75, 3.05) is 5.32 Å². The number of halogens is 1. The number of benzene rings is 2. The van der Waals surface area contributed by atoms with E-state index in [-0.39, 0.29) is 11.9 Å². The summed E-state index contributed by atoms with van der Waals surface area (Å²) in [5.74, 6) is 1.06. The second-order valence-corrected chi connectivity index (χ2v) is 5.84. The molecule has 124 valence electrons. The van der Waals surface area contributed by atoms with Crippen LogP contribution >= 0.6 is 0 Å². The molecule has 4 rings (SSSR count). The van der Waals surface area contributed by atoms with Gasteiger partial charge in [-0.25, -0.2) is 14.4 Å². The third-order valence-electron chi connectivity index (χ3n) is 4.11. The van der Waals surface area contributed by atoms with Gasteiger partial charge in [-0.05, 0) is 42.8 Å². The molecule has 0 saturated heterocycles. The third kappa shape index (κ3) is 3.08. The quantitative estimate of drug-likeness (QED) is 0.557. The van der Waals surface area contributed by atoms with Crippen LogP contribution in [0, 0.1) is 5.82 Å². The molecule has 1 N–H and O–H groups in total. The Labute approximate surface area is 144 Å². The molecule has 25 heavy (non-hydrogen) atoms. The van der Waals surface area contributed by atoms with Gasteiger partial charge < -0.3 is 9.73 Å². The van der Waals surface area contributed by atoms with Gasteiger partial charge in [-0.3, -0.25) is 0 Å². The minimum Gasteiger partial charge on any atom is -0.438 e. The molecule has 0 radical (unpaired) electrons. The summed E-state index contributed by atoms with van der Waals surface area (Å²) < 4.78 is 18.9. The maximum atomic E-state index is 13.1. The summed E-state index contributed by atoms with van der Waals surface area (Å²) in [5.41, 5.74) is 2.45. The van der Waals surface area contributed by atoms with E-state index in [0.29, 0.717) is 17.3 Å². The lowest BCUT2D eigenvalue weighted by molar-refractivity contribution is 0.614. The second-order valence-electron chi connectivity index (χ2n) is 5.84. The van der Waals surface area contributed by atoms with Crippen LogP contribution in [0.2, 0.25) is 0 Å². The molecular formula is C20H16FN3O. The Balaban J connectivity index is 1.69. The highest BCUT2D eigenvalue weighted by Crippen LogP contribution is 2.31. The molecule has 1 atom stereocenters. The summed E-state index contributed by atoms with van der Waals surface area (Å²) in [6.45, 7) is 2.07. The Hall–Kier alpha value is -3.21. The maximum absolute atomic E-state index is 13.1. The van der Waals surface area contributed by atoms with E-state index in [1.807, 2.05) is 24.3 Å². The Morgan fingerprint density at radius 2 is 1.76 bits per heavy atom. The average Bonchev–Trinajstić information content (AvgIpc) is 3.08. The molecule has 2 aromatic carbocycles. The topological polar surface area (TPSA) is 51.0 Å². The summed E-state index contributed by atoms with van der Waals surface area (Å²) in [6.07, 6.45) is 1.47. The van der Waals surface area contributed by atoms with Gasteiger partial charge in [0.25, 0.3) is 0 Å². The monoisotopic (exact) mass is 333 g/mol. The number of aromatic nitrogens is 2. The lowest BCUT2D eigenvalue weighted by Crippen LogP contribution is -2.08. The van der Waals surface area contributed by atoms with E-state index in [9.17, 15) is 4.39 Å². The fourth-order valence-electron chi connectivity index (χ4n) is 2.76. The molecule has 0 aliphatic heterocycles. The predicted molar refractivity (Wildman–Crippen MR) is 95.7 cm³/mol. The van der Waals surface area contributed by atoms with Crippen molar-refractivity contribution in [2.24, 2.45) is 0 Å². The Morgan fingerprint density at radius 3 is 2.52 bits per heavy atom. The van der Waals surface area contributed by atoms with Gasteiger partial charge in [-0.1, -0.05) is 30.3 Å². The van der Waals surface area contributed by atoms with Crippen LogP contribution in [0.5, 0.6) is 0 Å². The van der Waals surface area contributed by atoms with E-state index in [4.69, 9.17) is 4.42 Å². The van der Waals surface area contributed by atoms with E-state index in [1.165, 1.54) is 18.5 Å². The van der Waals surface area contributed by atoms with E-state index in [1.54, 1.807) is 12.1 Å². The number of anilines is 1. The van der Waals surface area contributed by atoms with Gasteiger partial charge in [0.15, 0.2) is 0 Å². The van der Waals surface area contributed by atoms with Gasteiger partial charge in [0.2, 0.25) is 5.71 Å². The molecule has 0 unspecified atom stereocenters. The lowest BCUT2D eigenvalue weighted by Gasteiger charge is -2.14. The highest BCUT2D eigenvalue weighted by Gasteiger charge is 2.14. The smallest absolute Gasteiger partial charge is 0.231 e. The number of rotatable bonds is 4. The molecule has 2 aromatic heterocycles. The SMILES string of the molecule is C[C@@H](Nc1ncnc2oc(-c3ccc(F)cc3)cc12)c1ccccc1. The van der Waals surface area contributed by atoms with Crippen LogP contribution in [-0.4, -0.2) is 9.97 Å². The first-order chi connectivity index (χ1) is 12.2. The Bertz CT molecular complexity index is 997. The lowest BCUT2D eigenvalue weighted by atomic mass is 10.1. The molecule has 0 amide bonds. The van der Waals surface area contributed by atoms with Gasteiger partial charge in [-0.15, -0.1) is 0 Å². The zero-order chi connectivity index (χ0) is 17.2. The number of nitrogens with one attached hydrogen (secondary N) is 1. The molecule has 2 heterocycles. The standard InChI is InChI=1S/C20H16FN3O/c1-13(14-5-3-2-4-6-14)24-19-17-11-18(25-20(17)23-12-22-19)15-7-9-16(21)10-8-15/h2-13H,1H3,(H,22,23,24)/t13-/m1/s1. The molecule has 0 aliphatic carbocycles. The molecule has 0 aliphatic rings. The molecule has 0 saturated carbocycles. The van der Waals surface area contributed by atoms with Crippen LogP contribution in [0.25, 0.3) is 22.4 Å². The zero-order valence-electron chi connectivity index (χ0n) is 13.6. The largest absolute Gasteiger partial charge is 0.438 e. The van der Waals surface area contributed by atoms with Crippen LogP contribution in [0.4, 0.5) is 10.2 Å². The van der Waals surface area contributed by atoms with Gasteiger partial charge in [0.05, 0.1) is 5.39 Å². The predicted octanol–water partition coefficient (Wildman–Crippen LogP) is 5.20. The van der Waals surface area contributed by atoms with E-state index >= 15 is 0 Å². The summed E-state index contributed by atoms with van der Waals surface area (Å²) in [5, 5.41) is 4.20. The van der Waals surface area contributed by atoms with Crippen molar-refractivity contribution in [1.29, 1.82) is 0 Å². The van der Waals surface area contributed by atoms with Crippen LogP contribution in [0.15, 0.2) is 71.4 Å². The van der Waals surface area contributed by atoms with Crippen LogP contribution < -0.4 is 5.32 Å². The van der Waals surface area contributed by atoms with Crippen molar-refractivity contribution in [2.45, 2.75) is 13.0 Å². The van der Waals surface area contributed by atoms with E-state index in [2.05, 4.69) is 34.3 Å². The summed E-state index contributed by atoms with van der Waals surface area (Å²) in [7, 11) is 0. The van der Waals surface area contributed by atoms with Crippen molar-refractivity contribution in [1.82, 2.24) is 9.97 Å². The second kappa shape index (κ2) is 6.36. The first-order valence-electron chi connectivity index (χ1n) is 8.02. The fraction of sp³-hybridized carbons (Fsp3) is 0.100. The van der Waals surface area contributed by atoms with Crippen LogP contribution in [0.1, 0.15) is 18.5 Å². The van der Waals surface area contributed by atoms with Crippen molar-refractivity contribution in [3.63, 3.8) is 0 Å². The molecule has 0 fully saturated rings. The number of fused-ring (bicyclic) bond motifs is 1. The van der Waals surface area contributed by atoms with Crippen molar-refractivity contribution in [3.05, 3.63) is 78.4 Å². The highest BCUT2D eigenvalue weighted by atomic mass is 19.1. The van der Waals surface area contributed by atoms with Crippen molar-refractivity contribution >= 4 is 16.9 Å². The zero-order valence-corrected chi connectivity index (χ0v) is 13.6. The minimum absolute atomic E-state index is 0.0865. The van der Waals surface area contributed by atoms with Crippen LogP contribution in [0.3, 0.4) is 0 Å². The fourth-order valence-corrected chi connectivity index (χ4v) is 2.76. The van der Waals surface area contributed by atoms with Crippen molar-refractivity contribution in [3.8, 4) is 11.3 Å². The maximum Gasteiger partial charge on any atom is 0.231 e. The number of hydrogen-bond acceptors (Lipinski definition) is 4. The van der Waals surface area contributed by atoms with E-state index in [0.717, 1.165) is 16.5 Å². The highest BCUT2D eigenvalue weighted by molar-refractivity contribution is 5.89. The number of furan rings is 1. The molecule has 0 spiro atoms. The molecule has 0 bridgehead atoms. The third-order valence-corrected chi connectivity index (χ3v) is 4.11. The first kappa shape index (κ1) is 15.3. The summed E-state index contributed by atoms with van der Waals surface area (Å²) >= 11 is 0. The Morgan fingerprint density at radius 1 is 1.00 bits per heavy atom. The average molecular weight is 333 g/mol. The molecule has 5 heteroatoms. The molecular weight excluding hydrogens is 317 g/mol. The van der Waals surface area contributed by atoms with Gasteiger partial charge in [0.1, 0.15) is 23.7 Å². The van der Waals surface area contributed by atoms with Crippen molar-refractivity contribution < 1.29 is 8.81 Å². The Kier molecular flexibility index (Phi) is 3.90. The number of hydrogen-bond donors (Lipinski definition) is 1. The normalized spacial score (nSPS) is 12.2. The molecule has 4 aromatic rings. The van der Waals surface area contributed by atoms with Gasteiger partial charge in [-0.2, -0.15) is 0 Å². The summed E-state index contributed by atoms with van der Waals surface area (Å²) in [6, 6.07) is 18.3. The number of nitrogens with zero attached hydrogens (tertiary/aromatic N) is 2. The van der Waals surface area contributed by atoms with Crippen LogP contribution in [-0.2, 0) is 0 Å². The minimum atomic E-state index is -0.279. The van der Waals surface area contributed by atoms with Gasteiger partial charge in [0, 0.05) is 11.6 Å². The molecule has 4 nitrogen and oxygen atoms in total. The van der Waals surface area contributed by atoms with E-state index < -0.39 is 0 Å². The first-order valence-corrected chi connectivity index (χ1v) is 8.02.